The van der Waals surface area contributed by atoms with Gasteiger partial charge in [0.2, 0.25) is 0 Å². The number of nitrogens with two attached hydrogens (primary N) is 1. The van der Waals surface area contributed by atoms with Crippen LogP contribution in [0.4, 0.5) is 5.69 Å². The lowest BCUT2D eigenvalue weighted by atomic mass is 10.0. The third-order valence-corrected chi connectivity index (χ3v) is 6.56. The molecule has 0 spiro atoms. The Hall–Kier alpha value is -3.51. The normalized spacial score (nSPS) is 11.5. The average Bonchev–Trinajstić information content (AvgIpc) is 3.44. The van der Waals surface area contributed by atoms with Crippen LogP contribution in [0.1, 0.15) is 30.9 Å². The van der Waals surface area contributed by atoms with Crippen molar-refractivity contribution < 1.29 is 0 Å². The van der Waals surface area contributed by atoms with Gasteiger partial charge in [0.25, 0.3) is 0 Å². The Balaban J connectivity index is 1.59. The summed E-state index contributed by atoms with van der Waals surface area (Å²) in [5.74, 6) is 2.05. The number of fused-ring (bicyclic) bond motifs is 1. The van der Waals surface area contributed by atoms with E-state index in [9.17, 15) is 0 Å². The summed E-state index contributed by atoms with van der Waals surface area (Å²) in [7, 11) is 0. The Morgan fingerprint density at radius 3 is 2.69 bits per heavy atom. The molecule has 0 saturated carbocycles. The molecule has 0 amide bonds. The highest BCUT2D eigenvalue weighted by molar-refractivity contribution is 7.98. The van der Waals surface area contributed by atoms with Crippen molar-refractivity contribution in [1.29, 1.82) is 0 Å². The van der Waals surface area contributed by atoms with Crippen LogP contribution in [0.5, 0.6) is 0 Å². The van der Waals surface area contributed by atoms with Crippen LogP contribution in [0.3, 0.4) is 0 Å². The third kappa shape index (κ3) is 4.01. The lowest BCUT2D eigenvalue weighted by molar-refractivity contribution is 0.865. The molecule has 3 aromatic carbocycles. The first-order chi connectivity index (χ1) is 15.6. The second-order valence-electron chi connectivity index (χ2n) is 8.20. The quantitative estimate of drug-likeness (QED) is 0.237. The summed E-state index contributed by atoms with van der Waals surface area (Å²) in [4.78, 5) is 3.27. The van der Waals surface area contributed by atoms with E-state index in [4.69, 9.17) is 5.73 Å². The largest absolute Gasteiger partial charge is 0.399 e. The predicted molar refractivity (Wildman–Crippen MR) is 133 cm³/mol. The average molecular weight is 440 g/mol. The Kier molecular flexibility index (Phi) is 5.45. The molecule has 0 saturated heterocycles. The predicted octanol–water partition coefficient (Wildman–Crippen LogP) is 6.41. The number of aromatic nitrogens is 4. The fourth-order valence-electron chi connectivity index (χ4n) is 3.83. The van der Waals surface area contributed by atoms with Gasteiger partial charge >= 0.3 is 0 Å². The first-order valence-electron chi connectivity index (χ1n) is 10.7. The van der Waals surface area contributed by atoms with Crippen LogP contribution >= 0.6 is 11.8 Å². The van der Waals surface area contributed by atoms with Crippen molar-refractivity contribution in [2.45, 2.75) is 30.7 Å². The van der Waals surface area contributed by atoms with Crippen molar-refractivity contribution in [3.05, 3.63) is 90.1 Å². The van der Waals surface area contributed by atoms with Crippen molar-refractivity contribution in [1.82, 2.24) is 19.7 Å². The Morgan fingerprint density at radius 2 is 1.84 bits per heavy atom. The van der Waals surface area contributed by atoms with Crippen LogP contribution in [0.2, 0.25) is 0 Å². The molecule has 0 bridgehead atoms. The molecule has 0 atom stereocenters. The van der Waals surface area contributed by atoms with Gasteiger partial charge in [-0.3, -0.25) is 4.57 Å². The van der Waals surface area contributed by atoms with E-state index in [-0.39, 0.29) is 0 Å². The molecule has 3 N–H and O–H groups in total. The van der Waals surface area contributed by atoms with E-state index in [2.05, 4.69) is 88.2 Å². The zero-order valence-corrected chi connectivity index (χ0v) is 18.9. The Morgan fingerprint density at radius 1 is 0.969 bits per heavy atom. The summed E-state index contributed by atoms with van der Waals surface area (Å²) in [6.45, 7) is 4.41. The maximum atomic E-state index is 5.96. The number of anilines is 1. The third-order valence-electron chi connectivity index (χ3n) is 5.56. The molecule has 0 aliphatic rings. The fourth-order valence-corrected chi connectivity index (χ4v) is 4.73. The highest BCUT2D eigenvalue weighted by Crippen LogP contribution is 2.32. The molecule has 0 fully saturated rings. The molecule has 5 nitrogen and oxygen atoms in total. The number of benzene rings is 3. The van der Waals surface area contributed by atoms with Crippen molar-refractivity contribution in [3.8, 4) is 17.1 Å². The van der Waals surface area contributed by atoms with Crippen LogP contribution in [0, 0.1) is 0 Å². The molecule has 0 aliphatic heterocycles. The first kappa shape index (κ1) is 20.4. The number of rotatable bonds is 6. The number of hydrogen-bond acceptors (Lipinski definition) is 4. The minimum Gasteiger partial charge on any atom is -0.399 e. The fraction of sp³-hybridized carbons (Fsp3) is 0.154. The smallest absolute Gasteiger partial charge is 0.196 e. The lowest BCUT2D eigenvalue weighted by Gasteiger charge is -2.12. The lowest BCUT2D eigenvalue weighted by Crippen LogP contribution is -2.00. The van der Waals surface area contributed by atoms with Gasteiger partial charge in [0.1, 0.15) is 0 Å². The molecule has 5 rings (SSSR count). The highest BCUT2D eigenvalue weighted by atomic mass is 32.2. The van der Waals surface area contributed by atoms with Crippen LogP contribution in [-0.4, -0.2) is 19.7 Å². The second kappa shape index (κ2) is 8.55. The van der Waals surface area contributed by atoms with E-state index in [1.165, 1.54) is 5.56 Å². The van der Waals surface area contributed by atoms with Gasteiger partial charge in [-0.1, -0.05) is 55.9 Å². The minimum absolute atomic E-state index is 0.444. The van der Waals surface area contributed by atoms with Crippen molar-refractivity contribution in [2.24, 2.45) is 0 Å². The molecule has 0 aliphatic carbocycles. The SMILES string of the molecule is CC(C)c1cccc(-c2nnc(SCc3cccc(N)c3)n2-c2ccc3[nH]ccc3c2)c1. The van der Waals surface area contributed by atoms with Gasteiger partial charge in [-0.2, -0.15) is 0 Å². The monoisotopic (exact) mass is 439 g/mol. The molecular weight excluding hydrogens is 414 g/mol. The summed E-state index contributed by atoms with van der Waals surface area (Å²) in [5, 5.41) is 11.2. The summed E-state index contributed by atoms with van der Waals surface area (Å²) in [5.41, 5.74) is 12.4. The number of thioether (sulfide) groups is 1. The summed E-state index contributed by atoms with van der Waals surface area (Å²) in [6, 6.07) is 25.0. The number of H-pyrrole nitrogens is 1. The zero-order valence-electron chi connectivity index (χ0n) is 18.1. The van der Waals surface area contributed by atoms with E-state index in [1.54, 1.807) is 11.8 Å². The molecule has 6 heteroatoms. The van der Waals surface area contributed by atoms with Crippen molar-refractivity contribution in [3.63, 3.8) is 0 Å². The number of nitrogen functional groups attached to an aromatic ring is 1. The van der Waals surface area contributed by atoms with E-state index < -0.39 is 0 Å². The first-order valence-corrected chi connectivity index (χ1v) is 11.7. The molecule has 0 unspecified atom stereocenters. The zero-order chi connectivity index (χ0) is 22.1. The van der Waals surface area contributed by atoms with Gasteiger partial charge in [0, 0.05) is 34.1 Å². The van der Waals surface area contributed by atoms with Gasteiger partial charge in [0.15, 0.2) is 11.0 Å². The van der Waals surface area contributed by atoms with Crippen molar-refractivity contribution in [2.75, 3.05) is 5.73 Å². The number of aromatic amines is 1. The summed E-state index contributed by atoms with van der Waals surface area (Å²) >= 11 is 1.66. The minimum atomic E-state index is 0.444. The van der Waals surface area contributed by atoms with Gasteiger partial charge < -0.3 is 10.7 Å². The van der Waals surface area contributed by atoms with E-state index >= 15 is 0 Å². The Bertz CT molecular complexity index is 1380. The molecular formula is C26H25N5S. The maximum absolute atomic E-state index is 5.96. The number of nitrogens with zero attached hydrogens (tertiary/aromatic N) is 3. The van der Waals surface area contributed by atoms with Gasteiger partial charge in [-0.25, -0.2) is 0 Å². The van der Waals surface area contributed by atoms with E-state index in [0.29, 0.717) is 5.92 Å². The molecule has 2 aromatic heterocycles. The highest BCUT2D eigenvalue weighted by Gasteiger charge is 2.17. The van der Waals surface area contributed by atoms with Crippen LogP contribution < -0.4 is 5.73 Å². The van der Waals surface area contributed by atoms with Gasteiger partial charge in [0.05, 0.1) is 5.69 Å². The molecule has 5 aromatic rings. The van der Waals surface area contributed by atoms with Crippen molar-refractivity contribution >= 4 is 28.4 Å². The van der Waals surface area contributed by atoms with Crippen LogP contribution in [0.25, 0.3) is 28.0 Å². The van der Waals surface area contributed by atoms with Gasteiger partial charge in [-0.05, 0) is 59.5 Å². The topological polar surface area (TPSA) is 72.5 Å². The van der Waals surface area contributed by atoms with E-state index in [1.807, 2.05) is 24.4 Å². The molecule has 160 valence electrons. The molecule has 32 heavy (non-hydrogen) atoms. The summed E-state index contributed by atoms with van der Waals surface area (Å²) in [6.07, 6.45) is 1.96. The van der Waals surface area contributed by atoms with E-state index in [0.717, 1.165) is 50.1 Å². The molecule has 0 radical (unpaired) electrons. The van der Waals surface area contributed by atoms with Crippen LogP contribution in [-0.2, 0) is 5.75 Å². The second-order valence-corrected chi connectivity index (χ2v) is 9.15. The Labute approximate surface area is 191 Å². The molecule has 2 heterocycles. The summed E-state index contributed by atoms with van der Waals surface area (Å²) < 4.78 is 2.16. The number of hydrogen-bond donors (Lipinski definition) is 2. The van der Waals surface area contributed by atoms with Crippen LogP contribution in [0.15, 0.2) is 84.1 Å². The van der Waals surface area contributed by atoms with Gasteiger partial charge in [-0.15, -0.1) is 10.2 Å². The maximum Gasteiger partial charge on any atom is 0.196 e. The number of nitrogens with one attached hydrogen (secondary N) is 1. The standard InChI is InChI=1S/C26H25N5S/c1-17(2)19-6-4-7-21(14-19)25-29-30-26(32-16-18-5-3-8-22(27)13-18)31(25)23-9-10-24-20(15-23)11-12-28-24/h3-15,17,28H,16,27H2,1-2H3.